The van der Waals surface area contributed by atoms with E-state index in [1.807, 2.05) is 25.1 Å². The smallest absolute Gasteiger partial charge is 0.335 e. The van der Waals surface area contributed by atoms with E-state index in [2.05, 4.69) is 5.32 Å². The summed E-state index contributed by atoms with van der Waals surface area (Å²) in [6.07, 6.45) is 0. The molecule has 0 aliphatic rings. The van der Waals surface area contributed by atoms with Gasteiger partial charge in [-0.05, 0) is 49.2 Å². The fourth-order valence-corrected chi connectivity index (χ4v) is 1.93. The first-order valence-corrected chi connectivity index (χ1v) is 6.79. The van der Waals surface area contributed by atoms with Gasteiger partial charge in [-0.2, -0.15) is 0 Å². The molecule has 2 aromatic carbocycles. The van der Waals surface area contributed by atoms with E-state index < -0.39 is 5.97 Å². The van der Waals surface area contributed by atoms with Gasteiger partial charge < -0.3 is 15.2 Å². The molecule has 0 heterocycles. The average Bonchev–Trinajstić information content (AvgIpc) is 2.47. The van der Waals surface area contributed by atoms with Crippen molar-refractivity contribution in [2.24, 2.45) is 0 Å². The largest absolute Gasteiger partial charge is 0.484 e. The summed E-state index contributed by atoms with van der Waals surface area (Å²) in [7, 11) is 0. The molecule has 22 heavy (non-hydrogen) atoms. The van der Waals surface area contributed by atoms with E-state index in [1.165, 1.54) is 12.1 Å². The molecule has 0 fully saturated rings. The lowest BCUT2D eigenvalue weighted by Gasteiger charge is -2.10. The second-order valence-electron chi connectivity index (χ2n) is 4.99. The summed E-state index contributed by atoms with van der Waals surface area (Å²) >= 11 is 0. The predicted octanol–water partition coefficient (Wildman–Crippen LogP) is 3.02. The number of carbonyl (C=O) groups is 2. The molecular formula is C17H17NO4. The molecule has 114 valence electrons. The Morgan fingerprint density at radius 2 is 1.91 bits per heavy atom. The molecule has 0 aliphatic carbocycles. The number of rotatable bonds is 5. The number of nitrogens with one attached hydrogen (secondary N) is 1. The van der Waals surface area contributed by atoms with Crippen molar-refractivity contribution in [2.45, 2.75) is 13.8 Å². The van der Waals surface area contributed by atoms with Crippen LogP contribution in [-0.2, 0) is 4.79 Å². The normalized spacial score (nSPS) is 10.1. The van der Waals surface area contributed by atoms with E-state index >= 15 is 0 Å². The Morgan fingerprint density at radius 1 is 1.14 bits per heavy atom. The minimum absolute atomic E-state index is 0.125. The van der Waals surface area contributed by atoms with Crippen molar-refractivity contribution < 1.29 is 19.4 Å². The highest BCUT2D eigenvalue weighted by Gasteiger charge is 2.09. The lowest BCUT2D eigenvalue weighted by atomic mass is 10.1. The third-order valence-electron chi connectivity index (χ3n) is 3.12. The maximum absolute atomic E-state index is 11.9. The van der Waals surface area contributed by atoms with E-state index in [0.717, 1.165) is 11.1 Å². The summed E-state index contributed by atoms with van der Waals surface area (Å²) in [4.78, 5) is 22.9. The summed E-state index contributed by atoms with van der Waals surface area (Å²) < 4.78 is 5.41. The number of aromatic carboxylic acids is 1. The van der Waals surface area contributed by atoms with Gasteiger partial charge in [0.15, 0.2) is 6.61 Å². The summed E-state index contributed by atoms with van der Waals surface area (Å²) in [5, 5.41) is 11.6. The van der Waals surface area contributed by atoms with Crippen molar-refractivity contribution in [3.8, 4) is 5.75 Å². The second-order valence-corrected chi connectivity index (χ2v) is 4.99. The Hall–Kier alpha value is -2.82. The lowest BCUT2D eigenvalue weighted by Crippen LogP contribution is -2.21. The third-order valence-corrected chi connectivity index (χ3v) is 3.12. The molecule has 2 rings (SSSR count). The Morgan fingerprint density at radius 3 is 2.59 bits per heavy atom. The molecule has 1 amide bonds. The van der Waals surface area contributed by atoms with Gasteiger partial charge in [0.1, 0.15) is 5.75 Å². The summed E-state index contributed by atoms with van der Waals surface area (Å²) in [6, 6.07) is 12.0. The molecule has 0 saturated heterocycles. The topological polar surface area (TPSA) is 75.6 Å². The van der Waals surface area contributed by atoms with Gasteiger partial charge in [-0.15, -0.1) is 0 Å². The van der Waals surface area contributed by atoms with Crippen LogP contribution < -0.4 is 10.1 Å². The monoisotopic (exact) mass is 299 g/mol. The molecule has 0 bridgehead atoms. The zero-order valence-corrected chi connectivity index (χ0v) is 12.4. The molecule has 0 aliphatic heterocycles. The number of amides is 1. The number of aryl methyl sites for hydroxylation is 2. The number of benzene rings is 2. The van der Waals surface area contributed by atoms with E-state index in [0.29, 0.717) is 11.4 Å². The average molecular weight is 299 g/mol. The minimum Gasteiger partial charge on any atom is -0.484 e. The number of anilines is 1. The second kappa shape index (κ2) is 6.76. The van der Waals surface area contributed by atoms with Crippen LogP contribution in [-0.4, -0.2) is 23.6 Å². The van der Waals surface area contributed by atoms with Crippen LogP contribution in [0.3, 0.4) is 0 Å². The maximum Gasteiger partial charge on any atom is 0.335 e. The number of ether oxygens (including phenoxy) is 1. The molecule has 2 N–H and O–H groups in total. The SMILES string of the molecule is Cc1cccc(OCC(=O)Nc2cc(C(=O)O)ccc2C)c1. The number of carboxylic acid groups (broad SMARTS) is 1. The van der Waals surface area contributed by atoms with Crippen LogP contribution in [0.15, 0.2) is 42.5 Å². The van der Waals surface area contributed by atoms with Gasteiger partial charge in [0.2, 0.25) is 0 Å². The number of carboxylic acids is 1. The van der Waals surface area contributed by atoms with Crippen LogP contribution in [0.2, 0.25) is 0 Å². The maximum atomic E-state index is 11.9. The van der Waals surface area contributed by atoms with Crippen LogP contribution in [0.4, 0.5) is 5.69 Å². The van der Waals surface area contributed by atoms with Crippen molar-refractivity contribution in [2.75, 3.05) is 11.9 Å². The lowest BCUT2D eigenvalue weighted by molar-refractivity contribution is -0.118. The number of carbonyl (C=O) groups excluding carboxylic acids is 1. The molecule has 0 atom stereocenters. The summed E-state index contributed by atoms with van der Waals surface area (Å²) in [5.74, 6) is -0.759. The quantitative estimate of drug-likeness (QED) is 0.890. The predicted molar refractivity (Wildman–Crippen MR) is 83.4 cm³/mol. The van der Waals surface area contributed by atoms with Gasteiger partial charge in [-0.25, -0.2) is 4.79 Å². The van der Waals surface area contributed by atoms with Crippen molar-refractivity contribution in [1.82, 2.24) is 0 Å². The van der Waals surface area contributed by atoms with Gasteiger partial charge in [0.05, 0.1) is 5.56 Å². The van der Waals surface area contributed by atoms with Crippen LogP contribution in [0, 0.1) is 13.8 Å². The fourth-order valence-electron chi connectivity index (χ4n) is 1.93. The molecule has 0 saturated carbocycles. The van der Waals surface area contributed by atoms with Gasteiger partial charge in [0, 0.05) is 5.69 Å². The summed E-state index contributed by atoms with van der Waals surface area (Å²) in [6.45, 7) is 3.59. The Kier molecular flexibility index (Phi) is 4.78. The van der Waals surface area contributed by atoms with Crippen LogP contribution in [0.1, 0.15) is 21.5 Å². The molecular weight excluding hydrogens is 282 g/mol. The van der Waals surface area contributed by atoms with Gasteiger partial charge in [-0.3, -0.25) is 4.79 Å². The Bertz CT molecular complexity index is 710. The van der Waals surface area contributed by atoms with Crippen molar-refractivity contribution in [3.63, 3.8) is 0 Å². The minimum atomic E-state index is -1.04. The van der Waals surface area contributed by atoms with Crippen molar-refractivity contribution in [1.29, 1.82) is 0 Å². The van der Waals surface area contributed by atoms with Crippen LogP contribution in [0.5, 0.6) is 5.75 Å². The summed E-state index contributed by atoms with van der Waals surface area (Å²) in [5.41, 5.74) is 2.43. The Labute approximate surface area is 128 Å². The number of hydrogen-bond acceptors (Lipinski definition) is 3. The first-order valence-electron chi connectivity index (χ1n) is 6.79. The van der Waals surface area contributed by atoms with Crippen molar-refractivity contribution in [3.05, 3.63) is 59.2 Å². The molecule has 5 heteroatoms. The van der Waals surface area contributed by atoms with Gasteiger partial charge in [-0.1, -0.05) is 18.2 Å². The zero-order chi connectivity index (χ0) is 16.1. The molecule has 0 unspecified atom stereocenters. The third kappa shape index (κ3) is 4.09. The molecule has 2 aromatic rings. The fraction of sp³-hybridized carbons (Fsp3) is 0.176. The Balaban J connectivity index is 2.00. The molecule has 0 spiro atoms. The first kappa shape index (κ1) is 15.6. The van der Waals surface area contributed by atoms with Crippen molar-refractivity contribution >= 4 is 17.6 Å². The standard InChI is InChI=1S/C17H17NO4/c1-11-4-3-5-14(8-11)22-10-16(19)18-15-9-13(17(20)21)7-6-12(15)2/h3-9H,10H2,1-2H3,(H,18,19)(H,20,21). The van der Waals surface area contributed by atoms with Crippen LogP contribution >= 0.6 is 0 Å². The van der Waals surface area contributed by atoms with Crippen LogP contribution in [0.25, 0.3) is 0 Å². The number of hydrogen-bond donors (Lipinski definition) is 2. The highest BCUT2D eigenvalue weighted by atomic mass is 16.5. The van der Waals surface area contributed by atoms with Gasteiger partial charge >= 0.3 is 5.97 Å². The van der Waals surface area contributed by atoms with E-state index in [4.69, 9.17) is 9.84 Å². The first-order chi connectivity index (χ1) is 10.5. The highest BCUT2D eigenvalue weighted by Crippen LogP contribution is 2.17. The van der Waals surface area contributed by atoms with Gasteiger partial charge in [0.25, 0.3) is 5.91 Å². The molecule has 5 nitrogen and oxygen atoms in total. The molecule has 0 radical (unpaired) electrons. The van der Waals surface area contributed by atoms with E-state index in [1.54, 1.807) is 19.1 Å². The van der Waals surface area contributed by atoms with E-state index in [-0.39, 0.29) is 18.1 Å². The highest BCUT2D eigenvalue weighted by molar-refractivity contribution is 5.95. The van der Waals surface area contributed by atoms with E-state index in [9.17, 15) is 9.59 Å². The zero-order valence-electron chi connectivity index (χ0n) is 12.4. The molecule has 0 aromatic heterocycles.